The molecule has 0 radical (unpaired) electrons. The summed E-state index contributed by atoms with van der Waals surface area (Å²) in [6, 6.07) is 2.26. The van der Waals surface area contributed by atoms with Crippen LogP contribution in [0.1, 0.15) is 28.1 Å². The highest BCUT2D eigenvalue weighted by Crippen LogP contribution is 2.31. The van der Waals surface area contributed by atoms with Gasteiger partial charge in [-0.25, -0.2) is 0 Å². The van der Waals surface area contributed by atoms with Crippen LogP contribution >= 0.6 is 11.3 Å². The van der Waals surface area contributed by atoms with E-state index in [0.717, 1.165) is 23.3 Å². The van der Waals surface area contributed by atoms with Crippen LogP contribution in [0, 0.1) is 12.8 Å². The van der Waals surface area contributed by atoms with Crippen molar-refractivity contribution >= 4 is 17.1 Å². The van der Waals surface area contributed by atoms with Gasteiger partial charge in [0, 0.05) is 12.0 Å². The molecule has 1 aliphatic rings. The van der Waals surface area contributed by atoms with Crippen molar-refractivity contribution in [1.29, 1.82) is 0 Å². The number of nitrogens with two attached hydrogens (primary N) is 1. The Morgan fingerprint density at radius 2 is 2.31 bits per heavy atom. The van der Waals surface area contributed by atoms with Gasteiger partial charge in [-0.1, -0.05) is 0 Å². The third-order valence-electron chi connectivity index (χ3n) is 2.63. The number of carbonyl (C=O) groups excluding carboxylic acids is 1. The second kappa shape index (κ2) is 3.24. The number of rotatable bonds is 2. The molecule has 1 saturated carbocycles. The summed E-state index contributed by atoms with van der Waals surface area (Å²) >= 11 is 1.55. The Bertz CT molecular complexity index is 325. The maximum absolute atomic E-state index is 11.8. The fourth-order valence-electron chi connectivity index (χ4n) is 1.69. The van der Waals surface area contributed by atoms with Crippen LogP contribution in [0.15, 0.2) is 11.4 Å². The summed E-state index contributed by atoms with van der Waals surface area (Å²) < 4.78 is 0. The van der Waals surface area contributed by atoms with Crippen molar-refractivity contribution in [2.45, 2.75) is 25.8 Å². The van der Waals surface area contributed by atoms with E-state index in [9.17, 15) is 4.79 Å². The van der Waals surface area contributed by atoms with E-state index < -0.39 is 0 Å². The number of carbonyl (C=O) groups is 1. The van der Waals surface area contributed by atoms with Gasteiger partial charge in [-0.05, 0) is 36.8 Å². The van der Waals surface area contributed by atoms with Crippen molar-refractivity contribution in [3.8, 4) is 0 Å². The number of ketones is 1. The normalized spacial score (nSPS) is 26.9. The second-order valence-corrected chi connectivity index (χ2v) is 4.64. The van der Waals surface area contributed by atoms with Crippen molar-refractivity contribution < 1.29 is 4.79 Å². The van der Waals surface area contributed by atoms with E-state index in [2.05, 4.69) is 0 Å². The van der Waals surface area contributed by atoms with Crippen molar-refractivity contribution in [2.75, 3.05) is 0 Å². The van der Waals surface area contributed by atoms with Crippen LogP contribution in [-0.2, 0) is 0 Å². The zero-order valence-electron chi connectivity index (χ0n) is 7.62. The Hall–Kier alpha value is -0.670. The zero-order chi connectivity index (χ0) is 9.42. The molecule has 2 nitrogen and oxygen atoms in total. The first kappa shape index (κ1) is 8.91. The minimum atomic E-state index is 0.201. The zero-order valence-corrected chi connectivity index (χ0v) is 8.43. The molecule has 1 fully saturated rings. The molecule has 1 heterocycles. The molecule has 0 spiro atoms. The summed E-state index contributed by atoms with van der Waals surface area (Å²) in [6.45, 7) is 1.99. The van der Waals surface area contributed by atoms with Gasteiger partial charge in [0.05, 0.1) is 4.88 Å². The summed E-state index contributed by atoms with van der Waals surface area (Å²) in [6.07, 6.45) is 1.74. The van der Waals surface area contributed by atoms with Crippen LogP contribution in [0.4, 0.5) is 0 Å². The fourth-order valence-corrected chi connectivity index (χ4v) is 2.63. The molecule has 1 aromatic rings. The molecular weight excluding hydrogens is 182 g/mol. The van der Waals surface area contributed by atoms with Gasteiger partial charge in [-0.2, -0.15) is 0 Å². The van der Waals surface area contributed by atoms with E-state index >= 15 is 0 Å². The first-order valence-electron chi connectivity index (χ1n) is 4.52. The molecule has 3 heteroatoms. The van der Waals surface area contributed by atoms with Crippen molar-refractivity contribution in [1.82, 2.24) is 0 Å². The fraction of sp³-hybridized carbons (Fsp3) is 0.500. The van der Waals surface area contributed by atoms with Gasteiger partial charge < -0.3 is 5.73 Å². The van der Waals surface area contributed by atoms with Gasteiger partial charge in [0.15, 0.2) is 5.78 Å². The van der Waals surface area contributed by atoms with E-state index in [1.165, 1.54) is 0 Å². The van der Waals surface area contributed by atoms with Crippen LogP contribution in [0.5, 0.6) is 0 Å². The van der Waals surface area contributed by atoms with Crippen LogP contribution in [0.3, 0.4) is 0 Å². The third kappa shape index (κ3) is 1.54. The lowest BCUT2D eigenvalue weighted by Crippen LogP contribution is -2.40. The Kier molecular flexibility index (Phi) is 2.22. The first-order chi connectivity index (χ1) is 6.18. The highest BCUT2D eigenvalue weighted by Gasteiger charge is 2.33. The standard InChI is InChI=1S/C10H13NOS/c1-6-2-3-13-10(6)9(12)7-4-8(11)5-7/h2-3,7-8H,4-5,11H2,1H3. The highest BCUT2D eigenvalue weighted by atomic mass is 32.1. The highest BCUT2D eigenvalue weighted by molar-refractivity contribution is 7.12. The number of hydrogen-bond donors (Lipinski definition) is 1. The van der Waals surface area contributed by atoms with Gasteiger partial charge in [-0.3, -0.25) is 4.79 Å². The smallest absolute Gasteiger partial charge is 0.176 e. The first-order valence-corrected chi connectivity index (χ1v) is 5.40. The monoisotopic (exact) mass is 195 g/mol. The van der Waals surface area contributed by atoms with E-state index in [1.807, 2.05) is 18.4 Å². The van der Waals surface area contributed by atoms with E-state index in [0.29, 0.717) is 5.78 Å². The molecule has 0 aliphatic heterocycles. The molecule has 70 valence electrons. The Balaban J connectivity index is 2.10. The van der Waals surface area contributed by atoms with Crippen LogP contribution in [-0.4, -0.2) is 11.8 Å². The van der Waals surface area contributed by atoms with Crippen LogP contribution in [0.25, 0.3) is 0 Å². The van der Waals surface area contributed by atoms with Gasteiger partial charge in [0.1, 0.15) is 0 Å². The quantitative estimate of drug-likeness (QED) is 0.733. The minimum absolute atomic E-state index is 0.201. The summed E-state index contributed by atoms with van der Waals surface area (Å²) in [5.41, 5.74) is 6.76. The van der Waals surface area contributed by atoms with Crippen LogP contribution < -0.4 is 5.73 Å². The molecule has 1 aliphatic carbocycles. The summed E-state index contributed by atoms with van der Waals surface area (Å²) in [4.78, 5) is 12.7. The lowest BCUT2D eigenvalue weighted by Gasteiger charge is -2.30. The molecule has 0 amide bonds. The van der Waals surface area contributed by atoms with Crippen LogP contribution in [0.2, 0.25) is 0 Å². The predicted octanol–water partition coefficient (Wildman–Crippen LogP) is 1.98. The number of hydrogen-bond acceptors (Lipinski definition) is 3. The molecule has 13 heavy (non-hydrogen) atoms. The lowest BCUT2D eigenvalue weighted by atomic mass is 9.77. The molecular formula is C10H13NOS. The predicted molar refractivity (Wildman–Crippen MR) is 54.1 cm³/mol. The van der Waals surface area contributed by atoms with Crippen molar-refractivity contribution in [3.05, 3.63) is 21.9 Å². The van der Waals surface area contributed by atoms with E-state index in [4.69, 9.17) is 5.73 Å². The van der Waals surface area contributed by atoms with Crippen molar-refractivity contribution in [2.24, 2.45) is 11.7 Å². The maximum Gasteiger partial charge on any atom is 0.176 e. The average molecular weight is 195 g/mol. The Morgan fingerprint density at radius 1 is 1.62 bits per heavy atom. The molecule has 0 atom stereocenters. The molecule has 0 saturated heterocycles. The van der Waals surface area contributed by atoms with Gasteiger partial charge in [0.25, 0.3) is 0 Å². The van der Waals surface area contributed by atoms with Gasteiger partial charge in [0.2, 0.25) is 0 Å². The van der Waals surface area contributed by atoms with E-state index in [-0.39, 0.29) is 12.0 Å². The number of aryl methyl sites for hydroxylation is 1. The van der Waals surface area contributed by atoms with Gasteiger partial charge >= 0.3 is 0 Å². The summed E-state index contributed by atoms with van der Waals surface area (Å²) in [5.74, 6) is 0.501. The Morgan fingerprint density at radius 3 is 2.77 bits per heavy atom. The molecule has 0 bridgehead atoms. The summed E-state index contributed by atoms with van der Waals surface area (Å²) in [5, 5.41) is 1.97. The largest absolute Gasteiger partial charge is 0.328 e. The number of thiophene rings is 1. The lowest BCUT2D eigenvalue weighted by molar-refractivity contribution is 0.0836. The molecule has 2 N–H and O–H groups in total. The number of Topliss-reactive ketones (excluding diaryl/α,β-unsaturated/α-hetero) is 1. The van der Waals surface area contributed by atoms with E-state index in [1.54, 1.807) is 11.3 Å². The van der Waals surface area contributed by atoms with Crippen molar-refractivity contribution in [3.63, 3.8) is 0 Å². The summed E-state index contributed by atoms with van der Waals surface area (Å²) in [7, 11) is 0. The average Bonchev–Trinajstić information content (AvgIpc) is 2.44. The maximum atomic E-state index is 11.8. The Labute approximate surface area is 81.8 Å². The molecule has 0 aromatic carbocycles. The molecule has 2 rings (SSSR count). The minimum Gasteiger partial charge on any atom is -0.328 e. The molecule has 0 unspecified atom stereocenters. The van der Waals surface area contributed by atoms with Gasteiger partial charge in [-0.15, -0.1) is 11.3 Å². The topological polar surface area (TPSA) is 43.1 Å². The third-order valence-corrected chi connectivity index (χ3v) is 3.66. The molecule has 1 aromatic heterocycles. The SMILES string of the molecule is Cc1ccsc1C(=O)C1CC(N)C1. The second-order valence-electron chi connectivity index (χ2n) is 3.73.